The number of rotatable bonds is 3. The van der Waals surface area contributed by atoms with Gasteiger partial charge >= 0.3 is 0 Å². The largest absolute Gasteiger partial charge is 0.357 e. The van der Waals surface area contributed by atoms with Gasteiger partial charge in [0.25, 0.3) is 0 Å². The molecule has 2 heterocycles. The minimum Gasteiger partial charge on any atom is -0.357 e. The van der Waals surface area contributed by atoms with Crippen molar-refractivity contribution in [2.24, 2.45) is 0 Å². The van der Waals surface area contributed by atoms with Gasteiger partial charge in [0.05, 0.1) is 0 Å². The first kappa shape index (κ1) is 12.5. The van der Waals surface area contributed by atoms with Gasteiger partial charge in [-0.25, -0.2) is 0 Å². The van der Waals surface area contributed by atoms with Crippen molar-refractivity contribution in [3.8, 4) is 0 Å². The van der Waals surface area contributed by atoms with E-state index in [9.17, 15) is 4.21 Å². The Morgan fingerprint density at radius 2 is 1.88 bits per heavy atom. The van der Waals surface area contributed by atoms with Crippen LogP contribution in [0.2, 0.25) is 5.28 Å². The van der Waals surface area contributed by atoms with E-state index in [-0.39, 0.29) is 11.3 Å². The van der Waals surface area contributed by atoms with Crippen molar-refractivity contribution < 1.29 is 4.21 Å². The van der Waals surface area contributed by atoms with E-state index in [2.05, 4.69) is 25.6 Å². The molecule has 0 unspecified atom stereocenters. The molecule has 1 aliphatic heterocycles. The van der Waals surface area contributed by atoms with E-state index in [0.717, 1.165) is 24.3 Å². The van der Waals surface area contributed by atoms with Gasteiger partial charge in [0.1, 0.15) is 0 Å². The van der Waals surface area contributed by atoms with Crippen LogP contribution in [-0.4, -0.2) is 43.8 Å². The van der Waals surface area contributed by atoms with E-state index >= 15 is 0 Å². The maximum Gasteiger partial charge on any atom is 0.229 e. The molecule has 2 N–H and O–H groups in total. The topological polar surface area (TPSA) is 79.8 Å². The van der Waals surface area contributed by atoms with Gasteiger partial charge in [-0.3, -0.25) is 4.21 Å². The van der Waals surface area contributed by atoms with E-state index in [1.165, 1.54) is 0 Å². The Morgan fingerprint density at radius 1 is 1.24 bits per heavy atom. The van der Waals surface area contributed by atoms with Gasteiger partial charge < -0.3 is 10.6 Å². The number of halogens is 1. The number of hydrogen-bond donors (Lipinski definition) is 2. The normalized spacial score (nSPS) is 24.4. The van der Waals surface area contributed by atoms with Gasteiger partial charge in [-0.15, -0.1) is 0 Å². The molecule has 0 radical (unpaired) electrons. The lowest BCUT2D eigenvalue weighted by Crippen LogP contribution is -2.30. The van der Waals surface area contributed by atoms with Crippen molar-refractivity contribution in [1.82, 2.24) is 15.0 Å². The fourth-order valence-electron chi connectivity index (χ4n) is 1.65. The summed E-state index contributed by atoms with van der Waals surface area (Å²) in [6, 6.07) is 0.260. The predicted octanol–water partition coefficient (Wildman–Crippen LogP) is 0.890. The summed E-state index contributed by atoms with van der Waals surface area (Å²) in [4.78, 5) is 12.1. The zero-order chi connectivity index (χ0) is 12.3. The molecule has 6 nitrogen and oxygen atoms in total. The molecule has 0 aromatic carbocycles. The van der Waals surface area contributed by atoms with Crippen molar-refractivity contribution in [3.63, 3.8) is 0 Å². The summed E-state index contributed by atoms with van der Waals surface area (Å²) >= 11 is 5.78. The van der Waals surface area contributed by atoms with Crippen LogP contribution in [0.25, 0.3) is 0 Å². The summed E-state index contributed by atoms with van der Waals surface area (Å²) in [6.45, 7) is 0. The van der Waals surface area contributed by atoms with Crippen molar-refractivity contribution in [3.05, 3.63) is 5.28 Å². The summed E-state index contributed by atoms with van der Waals surface area (Å²) in [5, 5.41) is 6.17. The molecule has 0 saturated carbocycles. The molecular formula is C9H14ClN5OS. The van der Waals surface area contributed by atoms with Crippen molar-refractivity contribution in [2.75, 3.05) is 29.2 Å². The van der Waals surface area contributed by atoms with Crippen LogP contribution >= 0.6 is 11.6 Å². The van der Waals surface area contributed by atoms with E-state index < -0.39 is 10.8 Å². The summed E-state index contributed by atoms with van der Waals surface area (Å²) in [7, 11) is 1.06. The maximum absolute atomic E-state index is 11.2. The molecule has 94 valence electrons. The number of hydrogen-bond acceptors (Lipinski definition) is 6. The molecule has 0 amide bonds. The number of aromatic nitrogens is 3. The average molecular weight is 276 g/mol. The molecule has 1 aromatic rings. The lowest BCUT2D eigenvalue weighted by atomic mass is 10.2. The van der Waals surface area contributed by atoms with Crippen LogP contribution in [0, 0.1) is 0 Å². The van der Waals surface area contributed by atoms with E-state index in [4.69, 9.17) is 11.6 Å². The first-order chi connectivity index (χ1) is 8.17. The van der Waals surface area contributed by atoms with Gasteiger partial charge in [0, 0.05) is 35.4 Å². The second-order valence-corrected chi connectivity index (χ2v) is 5.80. The molecule has 1 aromatic heterocycles. The molecule has 1 fully saturated rings. The number of nitrogens with zero attached hydrogens (tertiary/aromatic N) is 3. The lowest BCUT2D eigenvalue weighted by molar-refractivity contribution is 0.620. The standard InChI is InChI=1S/C9H14ClN5OS/c1-11-8-13-7(10)14-9(15-8)12-6-2-4-17(16)5-3-6/h6H,2-5H2,1H3,(H2,11,12,13,14,15). The van der Waals surface area contributed by atoms with Crippen LogP contribution in [-0.2, 0) is 10.8 Å². The third kappa shape index (κ3) is 3.50. The summed E-state index contributed by atoms with van der Waals surface area (Å²) in [5.74, 6) is 2.36. The van der Waals surface area contributed by atoms with Crippen LogP contribution in [0.5, 0.6) is 0 Å². The van der Waals surface area contributed by atoms with Crippen molar-refractivity contribution in [1.29, 1.82) is 0 Å². The molecule has 0 atom stereocenters. The highest BCUT2D eigenvalue weighted by Crippen LogP contribution is 2.15. The van der Waals surface area contributed by atoms with Gasteiger partial charge in [-0.05, 0) is 24.4 Å². The zero-order valence-corrected chi connectivity index (χ0v) is 11.0. The minimum atomic E-state index is -0.661. The first-order valence-corrected chi connectivity index (χ1v) is 7.25. The van der Waals surface area contributed by atoms with Gasteiger partial charge in [-0.1, -0.05) is 0 Å². The highest BCUT2D eigenvalue weighted by Gasteiger charge is 2.18. The molecule has 1 aliphatic rings. The highest BCUT2D eigenvalue weighted by atomic mass is 35.5. The smallest absolute Gasteiger partial charge is 0.229 e. The fourth-order valence-corrected chi connectivity index (χ4v) is 3.11. The highest BCUT2D eigenvalue weighted by molar-refractivity contribution is 7.85. The second-order valence-electron chi connectivity index (χ2n) is 3.77. The van der Waals surface area contributed by atoms with Gasteiger partial charge in [0.15, 0.2) is 0 Å². The van der Waals surface area contributed by atoms with Gasteiger partial charge in [-0.2, -0.15) is 15.0 Å². The SMILES string of the molecule is CNc1nc(Cl)nc(NC2CCS(=O)CC2)n1. The third-order valence-electron chi connectivity index (χ3n) is 2.55. The molecule has 0 bridgehead atoms. The molecule has 0 aliphatic carbocycles. The Balaban J connectivity index is 2.02. The van der Waals surface area contributed by atoms with Crippen LogP contribution < -0.4 is 10.6 Å². The third-order valence-corrected chi connectivity index (χ3v) is 4.10. The van der Waals surface area contributed by atoms with E-state index in [1.54, 1.807) is 7.05 Å². The first-order valence-electron chi connectivity index (χ1n) is 5.38. The second kappa shape index (κ2) is 5.59. The lowest BCUT2D eigenvalue weighted by Gasteiger charge is -2.22. The molecule has 17 heavy (non-hydrogen) atoms. The van der Waals surface area contributed by atoms with Crippen LogP contribution in [0.4, 0.5) is 11.9 Å². The minimum absolute atomic E-state index is 0.159. The molecule has 1 saturated heterocycles. The number of anilines is 2. The van der Waals surface area contributed by atoms with Gasteiger partial charge in [0.2, 0.25) is 17.2 Å². The fraction of sp³-hybridized carbons (Fsp3) is 0.667. The Kier molecular flexibility index (Phi) is 4.11. The van der Waals surface area contributed by atoms with E-state index in [1.807, 2.05) is 0 Å². The quantitative estimate of drug-likeness (QED) is 0.853. The summed E-state index contributed by atoms with van der Waals surface area (Å²) in [5.41, 5.74) is 0. The van der Waals surface area contributed by atoms with Crippen LogP contribution in [0.3, 0.4) is 0 Å². The maximum atomic E-state index is 11.2. The molecule has 0 spiro atoms. The Bertz CT molecular complexity index is 420. The van der Waals surface area contributed by atoms with E-state index in [0.29, 0.717) is 11.9 Å². The zero-order valence-electron chi connectivity index (χ0n) is 9.44. The molecule has 2 rings (SSSR count). The number of nitrogens with one attached hydrogen (secondary N) is 2. The average Bonchev–Trinajstić information content (AvgIpc) is 2.31. The predicted molar refractivity (Wildman–Crippen MR) is 68.9 cm³/mol. The monoisotopic (exact) mass is 275 g/mol. The van der Waals surface area contributed by atoms with Crippen LogP contribution in [0.1, 0.15) is 12.8 Å². The Morgan fingerprint density at radius 3 is 2.53 bits per heavy atom. The van der Waals surface area contributed by atoms with Crippen LogP contribution in [0.15, 0.2) is 0 Å². The summed E-state index contributed by atoms with van der Waals surface area (Å²) < 4.78 is 11.2. The Labute approximate surface area is 107 Å². The Hall–Kier alpha value is -0.950. The molecular weight excluding hydrogens is 262 g/mol. The van der Waals surface area contributed by atoms with Crippen molar-refractivity contribution in [2.45, 2.75) is 18.9 Å². The summed E-state index contributed by atoms with van der Waals surface area (Å²) in [6.07, 6.45) is 1.73. The molecule has 8 heteroatoms. The van der Waals surface area contributed by atoms with Crippen molar-refractivity contribution >= 4 is 34.3 Å².